The molecule has 0 spiro atoms. The van der Waals surface area contributed by atoms with Crippen LogP contribution in [-0.4, -0.2) is 47.0 Å². The number of amides is 1. The summed E-state index contributed by atoms with van der Waals surface area (Å²) in [6, 6.07) is 4.62. The van der Waals surface area contributed by atoms with Gasteiger partial charge in [-0.1, -0.05) is 31.4 Å². The molecule has 0 bridgehead atoms. The first-order valence-corrected chi connectivity index (χ1v) is 10.6. The van der Waals surface area contributed by atoms with Crippen molar-refractivity contribution in [1.29, 1.82) is 0 Å². The van der Waals surface area contributed by atoms with E-state index in [9.17, 15) is 18.0 Å². The Morgan fingerprint density at radius 2 is 2.00 bits per heavy atom. The van der Waals surface area contributed by atoms with E-state index in [1.807, 2.05) is 0 Å². The van der Waals surface area contributed by atoms with Crippen molar-refractivity contribution in [1.82, 2.24) is 14.7 Å². The zero-order chi connectivity index (χ0) is 22.2. The number of nitrogens with one attached hydrogen (secondary N) is 1. The van der Waals surface area contributed by atoms with Gasteiger partial charge in [-0.05, 0) is 30.5 Å². The fourth-order valence-electron chi connectivity index (χ4n) is 4.62. The van der Waals surface area contributed by atoms with Crippen LogP contribution in [0.25, 0.3) is 0 Å². The highest BCUT2D eigenvalue weighted by atomic mass is 19.4. The van der Waals surface area contributed by atoms with Crippen LogP contribution in [0.5, 0.6) is 5.75 Å². The summed E-state index contributed by atoms with van der Waals surface area (Å²) in [5.41, 5.74) is 0.843. The summed E-state index contributed by atoms with van der Waals surface area (Å²) < 4.78 is 47.9. The Kier molecular flexibility index (Phi) is 5.85. The van der Waals surface area contributed by atoms with Crippen LogP contribution < -0.4 is 10.1 Å². The van der Waals surface area contributed by atoms with Crippen molar-refractivity contribution in [3.63, 3.8) is 0 Å². The molecule has 4 rings (SSSR count). The second kappa shape index (κ2) is 8.43. The van der Waals surface area contributed by atoms with Crippen LogP contribution >= 0.6 is 0 Å². The number of anilines is 1. The average molecular weight is 436 g/mol. The Morgan fingerprint density at radius 1 is 1.26 bits per heavy atom. The van der Waals surface area contributed by atoms with Crippen LogP contribution in [0, 0.1) is 0 Å². The smallest absolute Gasteiger partial charge is 0.410 e. The van der Waals surface area contributed by atoms with Gasteiger partial charge in [0.15, 0.2) is 6.04 Å². The number of carbonyl (C=O) groups is 1. The van der Waals surface area contributed by atoms with Crippen molar-refractivity contribution in [3.8, 4) is 5.75 Å². The number of aromatic nitrogens is 2. The van der Waals surface area contributed by atoms with Crippen molar-refractivity contribution in [2.24, 2.45) is 0 Å². The highest BCUT2D eigenvalue weighted by Crippen LogP contribution is 2.45. The largest absolute Gasteiger partial charge is 0.497 e. The monoisotopic (exact) mass is 436 g/mol. The third kappa shape index (κ3) is 4.22. The van der Waals surface area contributed by atoms with Crippen LogP contribution in [0.15, 0.2) is 30.5 Å². The van der Waals surface area contributed by atoms with Crippen molar-refractivity contribution < 1.29 is 22.7 Å². The summed E-state index contributed by atoms with van der Waals surface area (Å²) in [6.07, 6.45) is 1.64. The topological polar surface area (TPSA) is 59.4 Å². The van der Waals surface area contributed by atoms with Crippen LogP contribution in [0.2, 0.25) is 0 Å². The first-order chi connectivity index (χ1) is 14.8. The van der Waals surface area contributed by atoms with Gasteiger partial charge in [0.05, 0.1) is 19.3 Å². The number of alkyl halides is 3. The molecular weight excluding hydrogens is 409 g/mol. The Balaban J connectivity index is 1.68. The van der Waals surface area contributed by atoms with Gasteiger partial charge in [-0.15, -0.1) is 0 Å². The molecule has 31 heavy (non-hydrogen) atoms. The highest BCUT2D eigenvalue weighted by Gasteiger charge is 2.47. The van der Waals surface area contributed by atoms with Gasteiger partial charge >= 0.3 is 6.18 Å². The predicted molar refractivity (Wildman–Crippen MR) is 110 cm³/mol. The Labute approximate surface area is 179 Å². The van der Waals surface area contributed by atoms with E-state index in [2.05, 4.69) is 10.4 Å². The SMILES string of the molecule is COc1cccc([C@H]2C[C@@H](C(F)(F)F)n3ncc(C(=O)N(C)C4CCCCC4)c3N2)c1. The third-order valence-corrected chi connectivity index (χ3v) is 6.41. The lowest BCUT2D eigenvalue weighted by molar-refractivity contribution is -0.173. The lowest BCUT2D eigenvalue weighted by Crippen LogP contribution is -2.39. The molecule has 2 aliphatic rings. The van der Waals surface area contributed by atoms with Crippen LogP contribution in [0.1, 0.15) is 66.5 Å². The molecule has 1 saturated carbocycles. The number of rotatable bonds is 4. The van der Waals surface area contributed by atoms with E-state index in [1.54, 1.807) is 36.2 Å². The maximum absolute atomic E-state index is 13.9. The minimum absolute atomic E-state index is 0.105. The lowest BCUT2D eigenvalue weighted by atomic mass is 9.94. The molecule has 168 valence electrons. The summed E-state index contributed by atoms with van der Waals surface area (Å²) in [5, 5.41) is 7.13. The molecule has 1 amide bonds. The number of nitrogens with zero attached hydrogens (tertiary/aromatic N) is 3. The zero-order valence-corrected chi connectivity index (χ0v) is 17.7. The molecule has 2 aromatic rings. The molecule has 0 saturated heterocycles. The number of fused-ring (bicyclic) bond motifs is 1. The maximum atomic E-state index is 13.9. The lowest BCUT2D eigenvalue weighted by Gasteiger charge is -2.35. The summed E-state index contributed by atoms with van der Waals surface area (Å²) in [6.45, 7) is 0. The predicted octanol–water partition coefficient (Wildman–Crippen LogP) is 4.96. The molecule has 2 heterocycles. The third-order valence-electron chi connectivity index (χ3n) is 6.41. The molecule has 0 radical (unpaired) electrons. The summed E-state index contributed by atoms with van der Waals surface area (Å²) >= 11 is 0. The normalized spacial score (nSPS) is 21.8. The minimum atomic E-state index is -4.49. The Bertz CT molecular complexity index is 937. The Morgan fingerprint density at radius 3 is 2.68 bits per heavy atom. The number of halogens is 3. The number of methoxy groups -OCH3 is 1. The minimum Gasteiger partial charge on any atom is -0.497 e. The molecule has 6 nitrogen and oxygen atoms in total. The van der Waals surface area contributed by atoms with Gasteiger partial charge in [-0.3, -0.25) is 4.79 Å². The van der Waals surface area contributed by atoms with Crippen LogP contribution in [0.4, 0.5) is 19.0 Å². The number of hydrogen-bond acceptors (Lipinski definition) is 4. The standard InChI is InChI=1S/C22H27F3N4O2/c1-28(15-8-4-3-5-9-15)21(30)17-13-26-29-19(22(23,24)25)12-18(27-20(17)29)14-7-6-10-16(11-14)31-2/h6-7,10-11,13,15,18-19,27H,3-5,8-9,12H2,1-2H3/t18-,19+/m1/s1. The second-order valence-electron chi connectivity index (χ2n) is 8.33. The van der Waals surface area contributed by atoms with Gasteiger partial charge < -0.3 is 15.0 Å². The van der Waals surface area contributed by atoms with Crippen molar-refractivity contribution in [2.45, 2.75) is 62.8 Å². The molecule has 1 aromatic carbocycles. The fourth-order valence-corrected chi connectivity index (χ4v) is 4.62. The molecule has 9 heteroatoms. The molecule has 1 N–H and O–H groups in total. The van der Waals surface area contributed by atoms with E-state index >= 15 is 0 Å². The number of hydrogen-bond donors (Lipinski definition) is 1. The maximum Gasteiger partial charge on any atom is 0.410 e. The van der Waals surface area contributed by atoms with Gasteiger partial charge in [-0.2, -0.15) is 18.3 Å². The van der Waals surface area contributed by atoms with Gasteiger partial charge in [0.2, 0.25) is 0 Å². The van der Waals surface area contributed by atoms with Crippen LogP contribution in [0.3, 0.4) is 0 Å². The van der Waals surface area contributed by atoms with E-state index in [0.717, 1.165) is 36.8 Å². The molecule has 0 unspecified atom stereocenters. The molecule has 1 aromatic heterocycles. The number of ether oxygens (including phenoxy) is 1. The van der Waals surface area contributed by atoms with Gasteiger partial charge in [0, 0.05) is 19.5 Å². The molecular formula is C22H27F3N4O2. The van der Waals surface area contributed by atoms with Crippen molar-refractivity contribution in [3.05, 3.63) is 41.6 Å². The summed E-state index contributed by atoms with van der Waals surface area (Å²) in [5.74, 6) is 0.386. The Hall–Kier alpha value is -2.71. The molecule has 1 aliphatic heterocycles. The number of carbonyl (C=O) groups excluding carboxylic acids is 1. The molecule has 1 aliphatic carbocycles. The van der Waals surface area contributed by atoms with E-state index in [0.29, 0.717) is 11.3 Å². The number of benzene rings is 1. The van der Waals surface area contributed by atoms with E-state index < -0.39 is 18.3 Å². The van der Waals surface area contributed by atoms with Crippen molar-refractivity contribution in [2.75, 3.05) is 19.5 Å². The first-order valence-electron chi connectivity index (χ1n) is 10.6. The van der Waals surface area contributed by atoms with Gasteiger partial charge in [0.25, 0.3) is 5.91 Å². The summed E-state index contributed by atoms with van der Waals surface area (Å²) in [7, 11) is 3.24. The fraction of sp³-hybridized carbons (Fsp3) is 0.545. The quantitative estimate of drug-likeness (QED) is 0.736. The van der Waals surface area contributed by atoms with E-state index in [1.165, 1.54) is 13.3 Å². The van der Waals surface area contributed by atoms with E-state index in [4.69, 9.17) is 4.74 Å². The van der Waals surface area contributed by atoms with Crippen molar-refractivity contribution >= 4 is 11.7 Å². The van der Waals surface area contributed by atoms with E-state index in [-0.39, 0.29) is 29.8 Å². The second-order valence-corrected chi connectivity index (χ2v) is 8.33. The first kappa shape index (κ1) is 21.5. The summed E-state index contributed by atoms with van der Waals surface area (Å²) in [4.78, 5) is 14.9. The van der Waals surface area contributed by atoms with Gasteiger partial charge in [-0.25, -0.2) is 4.68 Å². The zero-order valence-electron chi connectivity index (χ0n) is 17.7. The molecule has 2 atom stereocenters. The molecule has 1 fully saturated rings. The van der Waals surface area contributed by atoms with Gasteiger partial charge in [0.1, 0.15) is 17.1 Å². The average Bonchev–Trinajstić information content (AvgIpc) is 3.21. The highest BCUT2D eigenvalue weighted by molar-refractivity contribution is 5.99. The van der Waals surface area contributed by atoms with Crippen LogP contribution in [-0.2, 0) is 0 Å².